The zero-order valence-corrected chi connectivity index (χ0v) is 24.1. The molecule has 0 unspecified atom stereocenters. The summed E-state index contributed by atoms with van der Waals surface area (Å²) in [6.07, 6.45) is 0. The van der Waals surface area contributed by atoms with Crippen molar-refractivity contribution in [3.63, 3.8) is 0 Å². The number of ether oxygens (including phenoxy) is 2. The number of pyridine rings is 2. The highest BCUT2D eigenvalue weighted by molar-refractivity contribution is 6.39. The third-order valence-electron chi connectivity index (χ3n) is 6.95. The zero-order valence-electron chi connectivity index (χ0n) is 22.6. The minimum atomic E-state index is -0.749. The lowest BCUT2D eigenvalue weighted by Crippen LogP contribution is -2.20. The number of nitrogens with one attached hydrogen (secondary N) is 2. The van der Waals surface area contributed by atoms with Crippen LogP contribution in [0.3, 0.4) is 0 Å². The summed E-state index contributed by atoms with van der Waals surface area (Å²) in [4.78, 5) is 18.0. The van der Waals surface area contributed by atoms with Gasteiger partial charge in [-0.3, -0.25) is 9.98 Å². The molecule has 0 bridgehead atoms. The van der Waals surface area contributed by atoms with Gasteiger partial charge in [0, 0.05) is 35.3 Å². The van der Waals surface area contributed by atoms with Gasteiger partial charge in [-0.05, 0) is 48.5 Å². The number of nitrogens with zero attached hydrogens (tertiary/aromatic N) is 4. The maximum Gasteiger partial charge on any atom is 0.224 e. The fourth-order valence-electron chi connectivity index (χ4n) is 4.97. The van der Waals surface area contributed by atoms with Gasteiger partial charge in [0.1, 0.15) is 23.3 Å². The molecule has 2 aromatic carbocycles. The minimum Gasteiger partial charge on any atom is -0.480 e. The molecule has 0 aliphatic carbocycles. The quantitative estimate of drug-likeness (QED) is 0.276. The van der Waals surface area contributed by atoms with E-state index in [1.165, 1.54) is 38.5 Å². The van der Waals surface area contributed by atoms with Crippen molar-refractivity contribution in [3.8, 4) is 45.4 Å². The van der Waals surface area contributed by atoms with Gasteiger partial charge in [-0.15, -0.1) is 0 Å². The summed E-state index contributed by atoms with van der Waals surface area (Å²) in [6, 6.07) is 12.4. The fraction of sp³-hybridized carbons (Fsp3) is 0.200. The molecule has 0 saturated carbocycles. The number of amidine groups is 2. The van der Waals surface area contributed by atoms with Gasteiger partial charge in [-0.2, -0.15) is 0 Å². The highest BCUT2D eigenvalue weighted by Crippen LogP contribution is 2.45. The lowest BCUT2D eigenvalue weighted by Gasteiger charge is -2.17. The molecule has 4 heterocycles. The molecule has 6 rings (SSSR count). The van der Waals surface area contributed by atoms with Crippen molar-refractivity contribution >= 4 is 34.9 Å². The Bertz CT molecular complexity index is 1650. The van der Waals surface area contributed by atoms with Gasteiger partial charge in [0.15, 0.2) is 0 Å². The first-order valence-corrected chi connectivity index (χ1v) is 13.8. The van der Waals surface area contributed by atoms with Crippen LogP contribution >= 0.6 is 23.2 Å². The van der Waals surface area contributed by atoms with Crippen LogP contribution in [0.25, 0.3) is 33.6 Å². The molecule has 42 heavy (non-hydrogen) atoms. The smallest absolute Gasteiger partial charge is 0.224 e. The van der Waals surface area contributed by atoms with Crippen LogP contribution in [0.15, 0.2) is 58.5 Å². The highest BCUT2D eigenvalue weighted by atomic mass is 35.5. The SMILES string of the molecule is COc1nc(-c2ccc(F)c(-c3c(F)ccc(-c4ccc(C5=NCCN5)c(OC)n4)c3Cl)c2Cl)ccc1C1=NCCN1. The molecule has 2 aromatic heterocycles. The minimum absolute atomic E-state index is 0.0576. The van der Waals surface area contributed by atoms with Crippen molar-refractivity contribution in [3.05, 3.63) is 81.3 Å². The monoisotopic (exact) mass is 608 g/mol. The van der Waals surface area contributed by atoms with E-state index in [2.05, 4.69) is 30.6 Å². The van der Waals surface area contributed by atoms with Gasteiger partial charge in [0.25, 0.3) is 0 Å². The Morgan fingerprint density at radius 1 is 0.619 bits per heavy atom. The first kappa shape index (κ1) is 27.9. The van der Waals surface area contributed by atoms with E-state index < -0.39 is 11.6 Å². The summed E-state index contributed by atoms with van der Waals surface area (Å²) in [5.74, 6) is 0.482. The second-order valence-electron chi connectivity index (χ2n) is 9.39. The Hall–Kier alpha value is -4.28. The molecule has 0 radical (unpaired) electrons. The first-order chi connectivity index (χ1) is 20.4. The van der Waals surface area contributed by atoms with Gasteiger partial charge >= 0.3 is 0 Å². The normalized spacial score (nSPS) is 14.2. The van der Waals surface area contributed by atoms with E-state index in [0.29, 0.717) is 70.2 Å². The number of methoxy groups -OCH3 is 2. The highest BCUT2D eigenvalue weighted by Gasteiger charge is 2.25. The second-order valence-corrected chi connectivity index (χ2v) is 10.1. The topological polar surface area (TPSA) is 93.0 Å². The maximum absolute atomic E-state index is 15.4. The lowest BCUT2D eigenvalue weighted by molar-refractivity contribution is 0.397. The van der Waals surface area contributed by atoms with Crippen molar-refractivity contribution < 1.29 is 18.3 Å². The molecule has 4 aromatic rings. The van der Waals surface area contributed by atoms with Crippen LogP contribution in [-0.4, -0.2) is 62.0 Å². The number of aromatic nitrogens is 2. The van der Waals surface area contributed by atoms with Crippen molar-refractivity contribution in [2.45, 2.75) is 0 Å². The molecule has 8 nitrogen and oxygen atoms in total. The molecule has 0 amide bonds. The average molecular weight is 609 g/mol. The molecular formula is C30H24Cl2F2N6O2. The molecule has 0 atom stereocenters. The van der Waals surface area contributed by atoms with Gasteiger partial charge in [0.2, 0.25) is 11.8 Å². The van der Waals surface area contributed by atoms with Gasteiger partial charge in [-0.25, -0.2) is 18.7 Å². The molecule has 12 heteroatoms. The number of aliphatic imine (C=N–C) groups is 2. The molecule has 0 spiro atoms. The standard InChI is InChI=1S/C30H24Cl2F2N6O2/c1-41-29-17(27-35-11-12-36-27)5-9-21(39-29)15-3-7-19(33)23(25(15)31)24-20(34)8-4-16(26(24)32)22-10-6-18(30(40-22)42-2)28-37-13-14-38-28/h3-10H,11-14H2,1-2H3,(H,35,36)(H,37,38). The summed E-state index contributed by atoms with van der Waals surface area (Å²) in [7, 11) is 2.99. The number of halogens is 4. The van der Waals surface area contributed by atoms with Crippen LogP contribution in [0.2, 0.25) is 10.0 Å². The van der Waals surface area contributed by atoms with Gasteiger partial charge in [-0.1, -0.05) is 23.2 Å². The van der Waals surface area contributed by atoms with Gasteiger partial charge in [0.05, 0.1) is 59.9 Å². The van der Waals surface area contributed by atoms with Crippen molar-refractivity contribution in [2.24, 2.45) is 9.98 Å². The molecule has 2 N–H and O–H groups in total. The number of rotatable bonds is 7. The van der Waals surface area contributed by atoms with Crippen LogP contribution in [-0.2, 0) is 0 Å². The van der Waals surface area contributed by atoms with Crippen molar-refractivity contribution in [1.82, 2.24) is 20.6 Å². The van der Waals surface area contributed by atoms with E-state index in [4.69, 9.17) is 32.7 Å². The number of hydrogen-bond donors (Lipinski definition) is 2. The van der Waals surface area contributed by atoms with Crippen molar-refractivity contribution in [1.29, 1.82) is 0 Å². The summed E-state index contributed by atoms with van der Waals surface area (Å²) in [5, 5.41) is 6.26. The largest absolute Gasteiger partial charge is 0.480 e. The molecular weight excluding hydrogens is 585 g/mol. The van der Waals surface area contributed by atoms with Crippen LogP contribution in [0, 0.1) is 11.6 Å². The molecule has 2 aliphatic heterocycles. The van der Waals surface area contributed by atoms with E-state index in [1.54, 1.807) is 24.3 Å². The molecule has 214 valence electrons. The Kier molecular flexibility index (Phi) is 7.66. The lowest BCUT2D eigenvalue weighted by atomic mass is 9.96. The Labute approximate surface area is 250 Å². The number of benzene rings is 2. The third kappa shape index (κ3) is 4.90. The predicted octanol–water partition coefficient (Wildman–Crippen LogP) is 5.78. The van der Waals surface area contributed by atoms with Gasteiger partial charge < -0.3 is 20.1 Å². The summed E-state index contributed by atoms with van der Waals surface area (Å²) in [5.41, 5.74) is 2.52. The third-order valence-corrected chi connectivity index (χ3v) is 7.74. The Morgan fingerprint density at radius 3 is 1.38 bits per heavy atom. The van der Waals surface area contributed by atoms with E-state index in [-0.39, 0.29) is 21.2 Å². The van der Waals surface area contributed by atoms with Crippen LogP contribution in [0.4, 0.5) is 8.78 Å². The first-order valence-electron chi connectivity index (χ1n) is 13.1. The number of hydrogen-bond acceptors (Lipinski definition) is 8. The van der Waals surface area contributed by atoms with E-state index in [9.17, 15) is 0 Å². The van der Waals surface area contributed by atoms with E-state index >= 15 is 8.78 Å². The predicted molar refractivity (Wildman–Crippen MR) is 160 cm³/mol. The summed E-state index contributed by atoms with van der Waals surface area (Å²) in [6.45, 7) is 2.74. The summed E-state index contributed by atoms with van der Waals surface area (Å²) >= 11 is 13.6. The fourth-order valence-corrected chi connectivity index (χ4v) is 5.66. The maximum atomic E-state index is 15.4. The van der Waals surface area contributed by atoms with E-state index in [0.717, 1.165) is 13.1 Å². The second kappa shape index (κ2) is 11.5. The van der Waals surface area contributed by atoms with E-state index in [1.807, 2.05) is 0 Å². The summed E-state index contributed by atoms with van der Waals surface area (Å²) < 4.78 is 41.9. The molecule has 0 saturated heterocycles. The van der Waals surface area contributed by atoms with Crippen LogP contribution < -0.4 is 20.1 Å². The van der Waals surface area contributed by atoms with Crippen LogP contribution in [0.5, 0.6) is 11.8 Å². The Morgan fingerprint density at radius 2 is 1.02 bits per heavy atom. The van der Waals surface area contributed by atoms with Crippen molar-refractivity contribution in [2.75, 3.05) is 40.4 Å². The average Bonchev–Trinajstić information content (AvgIpc) is 3.74. The molecule has 2 aliphatic rings. The zero-order chi connectivity index (χ0) is 29.4. The molecule has 0 fully saturated rings. The van der Waals surface area contributed by atoms with Crippen LogP contribution in [0.1, 0.15) is 11.1 Å². The Balaban J connectivity index is 1.45.